The summed E-state index contributed by atoms with van der Waals surface area (Å²) in [4.78, 5) is 69.8. The highest BCUT2D eigenvalue weighted by molar-refractivity contribution is 5.95. The molecule has 0 aliphatic rings. The Balaban J connectivity index is 2.90. The summed E-state index contributed by atoms with van der Waals surface area (Å²) in [5, 5.41) is 32.9. The van der Waals surface area contributed by atoms with Gasteiger partial charge in [0.2, 0.25) is 17.7 Å². The van der Waals surface area contributed by atoms with E-state index in [1.807, 2.05) is 5.32 Å². The van der Waals surface area contributed by atoms with E-state index in [1.54, 1.807) is 30.3 Å². The lowest BCUT2D eigenvalue weighted by Gasteiger charge is -2.23. The van der Waals surface area contributed by atoms with Gasteiger partial charge in [-0.3, -0.25) is 28.8 Å². The van der Waals surface area contributed by atoms with Crippen molar-refractivity contribution < 1.29 is 44.1 Å². The average Bonchev–Trinajstić information content (AvgIpc) is 2.74. The van der Waals surface area contributed by atoms with Crippen molar-refractivity contribution in [3.8, 4) is 0 Å². The van der Waals surface area contributed by atoms with Crippen molar-refractivity contribution in [1.29, 1.82) is 0 Å². The van der Waals surface area contributed by atoms with Crippen molar-refractivity contribution in [2.75, 3.05) is 6.54 Å². The average molecular weight is 466 g/mol. The zero-order valence-corrected chi connectivity index (χ0v) is 17.5. The Morgan fingerprint density at radius 1 is 0.788 bits per heavy atom. The van der Waals surface area contributed by atoms with Crippen molar-refractivity contribution in [2.45, 2.75) is 43.8 Å². The van der Waals surface area contributed by atoms with E-state index < -0.39 is 73.1 Å². The molecule has 0 fully saturated rings. The molecule has 33 heavy (non-hydrogen) atoms. The van der Waals surface area contributed by atoms with Gasteiger partial charge in [0.1, 0.15) is 18.6 Å². The number of nitrogens with two attached hydrogens (primary N) is 1. The van der Waals surface area contributed by atoms with Crippen molar-refractivity contribution in [3.05, 3.63) is 35.9 Å². The van der Waals surface area contributed by atoms with Gasteiger partial charge >= 0.3 is 17.9 Å². The molecule has 13 nitrogen and oxygen atoms in total. The van der Waals surface area contributed by atoms with Crippen LogP contribution in [0.5, 0.6) is 0 Å². The summed E-state index contributed by atoms with van der Waals surface area (Å²) in [7, 11) is 0. The lowest BCUT2D eigenvalue weighted by molar-refractivity contribution is -0.141. The second-order valence-corrected chi connectivity index (χ2v) is 7.06. The summed E-state index contributed by atoms with van der Waals surface area (Å²) in [5.74, 6) is -6.94. The van der Waals surface area contributed by atoms with E-state index in [9.17, 15) is 28.8 Å². The van der Waals surface area contributed by atoms with Gasteiger partial charge in [-0.15, -0.1) is 0 Å². The van der Waals surface area contributed by atoms with Gasteiger partial charge in [-0.2, -0.15) is 0 Å². The van der Waals surface area contributed by atoms with Crippen LogP contribution >= 0.6 is 0 Å². The number of amides is 3. The van der Waals surface area contributed by atoms with Gasteiger partial charge in [0.15, 0.2) is 0 Å². The van der Waals surface area contributed by atoms with Crippen LogP contribution in [-0.2, 0) is 35.2 Å². The third kappa shape index (κ3) is 10.7. The second kappa shape index (κ2) is 13.4. The minimum absolute atomic E-state index is 0.138. The van der Waals surface area contributed by atoms with Gasteiger partial charge in [0.05, 0.1) is 12.5 Å². The van der Waals surface area contributed by atoms with Crippen LogP contribution in [0, 0.1) is 0 Å². The number of carboxylic acid groups (broad SMARTS) is 3. The highest BCUT2D eigenvalue weighted by atomic mass is 16.4. The molecule has 0 heterocycles. The molecular formula is C20H26N4O9. The third-order valence-electron chi connectivity index (χ3n) is 4.34. The van der Waals surface area contributed by atoms with Crippen LogP contribution in [0.2, 0.25) is 0 Å². The van der Waals surface area contributed by atoms with Crippen LogP contribution in [0.3, 0.4) is 0 Å². The van der Waals surface area contributed by atoms with E-state index >= 15 is 0 Å². The number of hydrogen-bond donors (Lipinski definition) is 7. The minimum Gasteiger partial charge on any atom is -0.481 e. The van der Waals surface area contributed by atoms with Gasteiger partial charge in [-0.1, -0.05) is 30.3 Å². The van der Waals surface area contributed by atoms with Crippen molar-refractivity contribution in [2.24, 2.45) is 5.73 Å². The van der Waals surface area contributed by atoms with Crippen molar-refractivity contribution in [3.63, 3.8) is 0 Å². The molecule has 0 spiro atoms. The fourth-order valence-corrected chi connectivity index (χ4v) is 2.72. The predicted molar refractivity (Wildman–Crippen MR) is 112 cm³/mol. The van der Waals surface area contributed by atoms with Crippen LogP contribution in [0.1, 0.15) is 24.8 Å². The maximum absolute atomic E-state index is 12.7. The minimum atomic E-state index is -1.66. The summed E-state index contributed by atoms with van der Waals surface area (Å²) < 4.78 is 0. The molecule has 0 bridgehead atoms. The van der Waals surface area contributed by atoms with Crippen LogP contribution < -0.4 is 21.7 Å². The largest absolute Gasteiger partial charge is 0.481 e. The number of nitrogens with one attached hydrogen (secondary N) is 3. The van der Waals surface area contributed by atoms with E-state index in [4.69, 9.17) is 21.1 Å². The molecule has 0 aliphatic heterocycles. The van der Waals surface area contributed by atoms with Gasteiger partial charge in [-0.05, 0) is 18.4 Å². The molecule has 1 aromatic carbocycles. The quantitative estimate of drug-likeness (QED) is 0.161. The Morgan fingerprint density at radius 3 is 1.94 bits per heavy atom. The molecular weight excluding hydrogens is 440 g/mol. The number of benzene rings is 1. The Kier molecular flexibility index (Phi) is 11.0. The molecule has 0 saturated heterocycles. The van der Waals surface area contributed by atoms with Gasteiger partial charge < -0.3 is 37.0 Å². The Labute approximate surface area is 188 Å². The van der Waals surface area contributed by atoms with Gasteiger partial charge in [-0.25, -0.2) is 0 Å². The highest BCUT2D eigenvalue weighted by Gasteiger charge is 2.30. The Hall–Kier alpha value is -4.00. The SMILES string of the molecule is N[C@@H](Cc1ccccc1)C(=O)N[C@@H](CCC(=O)O)C(=O)N[C@@H](CC(=O)O)C(=O)NCC(=O)O. The molecule has 3 atom stereocenters. The molecule has 8 N–H and O–H groups in total. The third-order valence-corrected chi connectivity index (χ3v) is 4.34. The number of hydrogen-bond acceptors (Lipinski definition) is 7. The van der Waals surface area contributed by atoms with E-state index in [0.717, 1.165) is 5.56 Å². The molecule has 0 aliphatic carbocycles. The normalized spacial score (nSPS) is 13.1. The standard InChI is InChI=1S/C20H26N4O9/c21-12(8-11-4-2-1-3-5-11)18(31)23-13(6-7-15(25)26)20(33)24-14(9-16(27)28)19(32)22-10-17(29)30/h1-5,12-14H,6-10,21H2,(H,22,32)(H,23,31)(H,24,33)(H,25,26)(H,27,28)(H,29,30)/t12-,13-,14-/m0/s1. The molecule has 0 saturated carbocycles. The summed E-state index contributed by atoms with van der Waals surface area (Å²) in [6.45, 7) is -0.807. The number of carboxylic acids is 3. The first-order valence-electron chi connectivity index (χ1n) is 9.83. The van der Waals surface area contributed by atoms with E-state index in [-0.39, 0.29) is 12.8 Å². The van der Waals surface area contributed by atoms with Crippen molar-refractivity contribution in [1.82, 2.24) is 16.0 Å². The lowest BCUT2D eigenvalue weighted by atomic mass is 10.0. The van der Waals surface area contributed by atoms with E-state index in [2.05, 4.69) is 10.6 Å². The smallest absolute Gasteiger partial charge is 0.322 e. The number of carbonyl (C=O) groups excluding carboxylic acids is 3. The summed E-state index contributed by atoms with van der Waals surface area (Å²) >= 11 is 0. The van der Waals surface area contributed by atoms with Crippen LogP contribution in [-0.4, -0.2) is 75.6 Å². The van der Waals surface area contributed by atoms with Gasteiger partial charge in [0.25, 0.3) is 0 Å². The first-order chi connectivity index (χ1) is 15.5. The number of carbonyl (C=O) groups is 6. The molecule has 0 aromatic heterocycles. The lowest BCUT2D eigenvalue weighted by Crippen LogP contribution is -2.56. The summed E-state index contributed by atoms with van der Waals surface area (Å²) in [5.41, 5.74) is 6.63. The molecule has 180 valence electrons. The molecule has 0 unspecified atom stereocenters. The van der Waals surface area contributed by atoms with Crippen LogP contribution in [0.25, 0.3) is 0 Å². The molecule has 1 aromatic rings. The fraction of sp³-hybridized carbons (Fsp3) is 0.400. The second-order valence-electron chi connectivity index (χ2n) is 7.06. The first-order valence-corrected chi connectivity index (χ1v) is 9.83. The van der Waals surface area contributed by atoms with Gasteiger partial charge in [0, 0.05) is 6.42 Å². The van der Waals surface area contributed by atoms with E-state index in [0.29, 0.717) is 0 Å². The Morgan fingerprint density at radius 2 is 1.39 bits per heavy atom. The zero-order valence-electron chi connectivity index (χ0n) is 17.5. The molecule has 0 radical (unpaired) electrons. The summed E-state index contributed by atoms with van der Waals surface area (Å²) in [6.07, 6.45) is -1.61. The zero-order chi connectivity index (χ0) is 25.0. The van der Waals surface area contributed by atoms with E-state index in [1.165, 1.54) is 0 Å². The summed E-state index contributed by atoms with van der Waals surface area (Å²) in [6, 6.07) is 4.61. The maximum Gasteiger partial charge on any atom is 0.322 e. The van der Waals surface area contributed by atoms with Crippen LogP contribution in [0.15, 0.2) is 30.3 Å². The van der Waals surface area contributed by atoms with Crippen LogP contribution in [0.4, 0.5) is 0 Å². The molecule has 13 heteroatoms. The predicted octanol–water partition coefficient (Wildman–Crippen LogP) is -1.93. The van der Waals surface area contributed by atoms with Crippen molar-refractivity contribution >= 4 is 35.6 Å². The fourth-order valence-electron chi connectivity index (χ4n) is 2.72. The number of rotatable bonds is 14. The highest BCUT2D eigenvalue weighted by Crippen LogP contribution is 2.05. The number of aliphatic carboxylic acids is 3. The molecule has 3 amide bonds. The maximum atomic E-state index is 12.7. The topological polar surface area (TPSA) is 225 Å². The molecule has 1 rings (SSSR count). The monoisotopic (exact) mass is 466 g/mol. The Bertz CT molecular complexity index is 876. The first kappa shape index (κ1) is 27.0.